The quantitative estimate of drug-likeness (QED) is 0.710. The molecule has 3 aromatic rings. The zero-order valence-corrected chi connectivity index (χ0v) is 10.4. The average Bonchev–Trinajstić information content (AvgIpc) is 3.17. The summed E-state index contributed by atoms with van der Waals surface area (Å²) in [4.78, 5) is 11.6. The van der Waals surface area contributed by atoms with Crippen LogP contribution < -0.4 is 5.32 Å². The number of benzene rings is 1. The number of hydrogen-bond donors (Lipinski definition) is 2. The number of rotatable bonds is 4. The van der Waals surface area contributed by atoms with Gasteiger partial charge in [-0.3, -0.25) is 4.79 Å². The van der Waals surface area contributed by atoms with E-state index in [4.69, 9.17) is 0 Å². The Balaban J connectivity index is 1.65. The van der Waals surface area contributed by atoms with Crippen LogP contribution in [0.5, 0.6) is 0 Å². The first-order chi connectivity index (χ1) is 9.83. The number of amides is 1. The first kappa shape index (κ1) is 12.0. The van der Waals surface area contributed by atoms with Gasteiger partial charge in [0.05, 0.1) is 11.9 Å². The molecule has 0 spiro atoms. The number of carbonyl (C=O) groups is 1. The van der Waals surface area contributed by atoms with Crippen LogP contribution in [0.4, 0.5) is 0 Å². The van der Waals surface area contributed by atoms with Crippen LogP contribution in [-0.4, -0.2) is 36.3 Å². The van der Waals surface area contributed by atoms with Crippen molar-refractivity contribution in [1.82, 2.24) is 35.7 Å². The Morgan fingerprint density at radius 3 is 2.90 bits per heavy atom. The number of tetrazole rings is 1. The molecule has 0 bridgehead atoms. The maximum atomic E-state index is 11.6. The lowest BCUT2D eigenvalue weighted by Gasteiger charge is -2.00. The summed E-state index contributed by atoms with van der Waals surface area (Å²) in [6, 6.07) is 9.73. The molecule has 0 unspecified atom stereocenters. The molecule has 0 saturated heterocycles. The lowest BCUT2D eigenvalue weighted by atomic mass is 10.3. The van der Waals surface area contributed by atoms with Crippen molar-refractivity contribution in [2.24, 2.45) is 0 Å². The second kappa shape index (κ2) is 5.31. The summed E-state index contributed by atoms with van der Waals surface area (Å²) in [6.07, 6.45) is 3.55. The summed E-state index contributed by atoms with van der Waals surface area (Å²) in [6.45, 7) is 0.347. The number of nitrogens with zero attached hydrogens (tertiary/aromatic N) is 5. The molecule has 2 N–H and O–H groups in total. The predicted molar refractivity (Wildman–Crippen MR) is 68.9 cm³/mol. The summed E-state index contributed by atoms with van der Waals surface area (Å²) in [7, 11) is 0. The van der Waals surface area contributed by atoms with Crippen molar-refractivity contribution in [3.8, 4) is 5.69 Å². The number of H-pyrrole nitrogens is 1. The van der Waals surface area contributed by atoms with Crippen LogP contribution in [0.2, 0.25) is 0 Å². The minimum Gasteiger partial charge on any atom is -0.345 e. The number of carbonyl (C=O) groups excluding carboxylic acids is 1. The first-order valence-electron chi connectivity index (χ1n) is 5.93. The van der Waals surface area contributed by atoms with E-state index in [9.17, 15) is 4.79 Å². The van der Waals surface area contributed by atoms with Crippen molar-refractivity contribution in [2.75, 3.05) is 0 Å². The minimum absolute atomic E-state index is 0.0143. The predicted octanol–water partition coefficient (Wildman–Crippen LogP) is 0.315. The van der Waals surface area contributed by atoms with Crippen LogP contribution >= 0.6 is 0 Å². The smallest absolute Gasteiger partial charge is 0.293 e. The van der Waals surface area contributed by atoms with E-state index < -0.39 is 0 Å². The molecule has 1 aromatic carbocycles. The van der Waals surface area contributed by atoms with Gasteiger partial charge in [-0.2, -0.15) is 10.3 Å². The Morgan fingerprint density at radius 1 is 1.30 bits per heavy atom. The van der Waals surface area contributed by atoms with Gasteiger partial charge in [0.25, 0.3) is 11.7 Å². The average molecular weight is 269 g/mol. The molecule has 20 heavy (non-hydrogen) atoms. The fourth-order valence-electron chi connectivity index (χ4n) is 1.69. The van der Waals surface area contributed by atoms with Crippen LogP contribution in [0.25, 0.3) is 5.69 Å². The molecule has 1 amide bonds. The largest absolute Gasteiger partial charge is 0.345 e. The van der Waals surface area contributed by atoms with Gasteiger partial charge in [-0.15, -0.1) is 10.2 Å². The second-order valence-corrected chi connectivity index (χ2v) is 4.05. The number of nitrogens with one attached hydrogen (secondary N) is 2. The van der Waals surface area contributed by atoms with Crippen molar-refractivity contribution in [2.45, 2.75) is 6.54 Å². The molecule has 0 saturated carbocycles. The Labute approximate surface area is 113 Å². The molecule has 2 aromatic heterocycles. The molecule has 0 aliphatic heterocycles. The topological polar surface area (TPSA) is 101 Å². The third-order valence-corrected chi connectivity index (χ3v) is 2.66. The zero-order valence-electron chi connectivity index (χ0n) is 10.4. The summed E-state index contributed by atoms with van der Waals surface area (Å²) in [5.74, 6) is -0.369. The third-order valence-electron chi connectivity index (χ3n) is 2.66. The van der Waals surface area contributed by atoms with Gasteiger partial charge in [0.15, 0.2) is 0 Å². The van der Waals surface area contributed by atoms with Crippen LogP contribution in [0.3, 0.4) is 0 Å². The van der Waals surface area contributed by atoms with Crippen molar-refractivity contribution >= 4 is 5.91 Å². The Bertz CT molecular complexity index is 690. The number of aromatic amines is 1. The highest BCUT2D eigenvalue weighted by Gasteiger charge is 2.10. The van der Waals surface area contributed by atoms with Crippen molar-refractivity contribution in [1.29, 1.82) is 0 Å². The van der Waals surface area contributed by atoms with Gasteiger partial charge in [-0.25, -0.2) is 4.68 Å². The van der Waals surface area contributed by atoms with E-state index in [-0.39, 0.29) is 11.7 Å². The molecular formula is C12H11N7O. The highest BCUT2D eigenvalue weighted by atomic mass is 16.2. The van der Waals surface area contributed by atoms with Gasteiger partial charge in [-0.05, 0) is 17.3 Å². The van der Waals surface area contributed by atoms with Crippen molar-refractivity contribution in [3.63, 3.8) is 0 Å². The highest BCUT2D eigenvalue weighted by molar-refractivity contribution is 5.89. The maximum Gasteiger partial charge on any atom is 0.293 e. The van der Waals surface area contributed by atoms with Crippen LogP contribution in [0.15, 0.2) is 42.7 Å². The van der Waals surface area contributed by atoms with Gasteiger partial charge in [0, 0.05) is 18.3 Å². The molecule has 2 heterocycles. The number of hydrogen-bond acceptors (Lipinski definition) is 5. The summed E-state index contributed by atoms with van der Waals surface area (Å²) in [5.41, 5.74) is 1.84. The van der Waals surface area contributed by atoms with E-state index in [1.54, 1.807) is 10.9 Å². The van der Waals surface area contributed by atoms with E-state index in [0.717, 1.165) is 11.3 Å². The van der Waals surface area contributed by atoms with Gasteiger partial charge < -0.3 is 5.32 Å². The molecule has 100 valence electrons. The van der Waals surface area contributed by atoms with Gasteiger partial charge in [0.1, 0.15) is 0 Å². The van der Waals surface area contributed by atoms with Crippen molar-refractivity contribution < 1.29 is 4.79 Å². The highest BCUT2D eigenvalue weighted by Crippen LogP contribution is 2.07. The first-order valence-corrected chi connectivity index (χ1v) is 5.93. The molecule has 8 nitrogen and oxygen atoms in total. The fourth-order valence-corrected chi connectivity index (χ4v) is 1.69. The van der Waals surface area contributed by atoms with E-state index in [0.29, 0.717) is 6.54 Å². The second-order valence-electron chi connectivity index (χ2n) is 4.05. The Hall–Kier alpha value is -3.03. The lowest BCUT2D eigenvalue weighted by Crippen LogP contribution is -2.23. The van der Waals surface area contributed by atoms with Gasteiger partial charge in [0.2, 0.25) is 0 Å². The molecule has 0 aliphatic rings. The molecule has 0 fully saturated rings. The molecule has 0 atom stereocenters. The van der Waals surface area contributed by atoms with E-state index in [2.05, 4.69) is 31.0 Å². The monoisotopic (exact) mass is 269 g/mol. The van der Waals surface area contributed by atoms with Gasteiger partial charge >= 0.3 is 0 Å². The summed E-state index contributed by atoms with van der Waals surface area (Å²) < 4.78 is 1.75. The van der Waals surface area contributed by atoms with Crippen LogP contribution in [0, 0.1) is 0 Å². The minimum atomic E-state index is -0.383. The summed E-state index contributed by atoms with van der Waals surface area (Å²) >= 11 is 0. The Morgan fingerprint density at radius 2 is 2.15 bits per heavy atom. The number of aromatic nitrogens is 6. The van der Waals surface area contributed by atoms with Crippen LogP contribution in [-0.2, 0) is 6.54 Å². The fraction of sp³-hybridized carbons (Fsp3) is 0.0833. The number of para-hydroxylation sites is 1. The standard InChI is InChI=1S/C12H11N7O/c20-12(11-15-17-18-16-11)13-6-9-7-14-19(8-9)10-4-2-1-3-5-10/h1-5,7-8H,6H2,(H,13,20)(H,15,16,17,18). The summed E-state index contributed by atoms with van der Waals surface area (Å²) in [5, 5.41) is 19.7. The maximum absolute atomic E-state index is 11.6. The molecule has 3 rings (SSSR count). The SMILES string of the molecule is O=C(NCc1cnn(-c2ccccc2)c1)c1nn[nH]n1. The third kappa shape index (κ3) is 2.53. The molecule has 0 radical (unpaired) electrons. The molecule has 8 heteroatoms. The van der Waals surface area contributed by atoms with E-state index >= 15 is 0 Å². The van der Waals surface area contributed by atoms with Gasteiger partial charge in [-0.1, -0.05) is 18.2 Å². The zero-order chi connectivity index (χ0) is 13.8. The molecule has 0 aliphatic carbocycles. The normalized spacial score (nSPS) is 10.4. The Kier molecular flexibility index (Phi) is 3.19. The van der Waals surface area contributed by atoms with E-state index in [1.165, 1.54) is 0 Å². The lowest BCUT2D eigenvalue weighted by molar-refractivity contribution is 0.0940. The van der Waals surface area contributed by atoms with Crippen molar-refractivity contribution in [3.05, 3.63) is 54.1 Å². The molecular weight excluding hydrogens is 258 g/mol. The van der Waals surface area contributed by atoms with E-state index in [1.807, 2.05) is 36.5 Å². The van der Waals surface area contributed by atoms with Crippen LogP contribution in [0.1, 0.15) is 16.2 Å².